The minimum Gasteiger partial charge on any atom is -0.313 e. The third kappa shape index (κ3) is 1.85. The van der Waals surface area contributed by atoms with E-state index in [2.05, 4.69) is 42.3 Å². The van der Waals surface area contributed by atoms with E-state index >= 15 is 0 Å². The molecule has 1 aliphatic rings. The van der Waals surface area contributed by atoms with Gasteiger partial charge in [-0.1, -0.05) is 22.6 Å². The van der Waals surface area contributed by atoms with Gasteiger partial charge < -0.3 is 4.57 Å². The van der Waals surface area contributed by atoms with Crippen LogP contribution >= 0.6 is 22.6 Å². The lowest BCUT2D eigenvalue weighted by molar-refractivity contribution is 0.230. The molecule has 0 atom stereocenters. The van der Waals surface area contributed by atoms with Gasteiger partial charge in [-0.25, -0.2) is 0 Å². The second-order valence-electron chi connectivity index (χ2n) is 3.28. The molecular weight excluding hydrogens is 279 g/mol. The number of hydrogen-bond acceptors (Lipinski definition) is 3. The highest BCUT2D eigenvalue weighted by Crippen LogP contribution is 2.11. The van der Waals surface area contributed by atoms with Crippen molar-refractivity contribution in [2.75, 3.05) is 17.5 Å². The zero-order chi connectivity index (χ0) is 9.26. The molecule has 0 aromatic carbocycles. The quantitative estimate of drug-likeness (QED) is 0.598. The largest absolute Gasteiger partial charge is 0.313 e. The molecular formula is C8H13IN4. The summed E-state index contributed by atoms with van der Waals surface area (Å²) in [6, 6.07) is 0. The Hall–Kier alpha value is -0.170. The van der Waals surface area contributed by atoms with Crippen molar-refractivity contribution in [3.05, 3.63) is 11.6 Å². The third-order valence-electron chi connectivity index (χ3n) is 2.42. The van der Waals surface area contributed by atoms with Gasteiger partial charge in [-0.05, 0) is 6.92 Å². The number of nitrogens with zero attached hydrogens (tertiary/aromatic N) is 4. The maximum absolute atomic E-state index is 4.16. The summed E-state index contributed by atoms with van der Waals surface area (Å²) in [6.45, 7) is 6.32. The van der Waals surface area contributed by atoms with Crippen molar-refractivity contribution in [1.82, 2.24) is 19.7 Å². The van der Waals surface area contributed by atoms with E-state index < -0.39 is 0 Å². The van der Waals surface area contributed by atoms with E-state index in [1.165, 1.54) is 4.43 Å². The van der Waals surface area contributed by atoms with Gasteiger partial charge in [0.2, 0.25) is 0 Å². The zero-order valence-electron chi connectivity index (χ0n) is 7.70. The topological polar surface area (TPSA) is 34.0 Å². The lowest BCUT2D eigenvalue weighted by Gasteiger charge is -2.26. The van der Waals surface area contributed by atoms with Crippen LogP contribution in [-0.4, -0.2) is 37.2 Å². The van der Waals surface area contributed by atoms with Gasteiger partial charge in [-0.15, -0.1) is 10.2 Å². The predicted octanol–water partition coefficient (Wildman–Crippen LogP) is 0.837. The molecule has 5 heteroatoms. The van der Waals surface area contributed by atoms with Crippen molar-refractivity contribution < 1.29 is 0 Å². The molecule has 0 unspecified atom stereocenters. The Balaban J connectivity index is 2.11. The van der Waals surface area contributed by atoms with Crippen molar-refractivity contribution in [3.8, 4) is 0 Å². The Morgan fingerprint density at radius 3 is 3.00 bits per heavy atom. The van der Waals surface area contributed by atoms with E-state index in [1.807, 2.05) is 6.92 Å². The van der Waals surface area contributed by atoms with Gasteiger partial charge >= 0.3 is 0 Å². The fraction of sp³-hybridized carbons (Fsp3) is 0.750. The fourth-order valence-corrected chi connectivity index (χ4v) is 2.35. The van der Waals surface area contributed by atoms with Gasteiger partial charge in [0.25, 0.3) is 0 Å². The second-order valence-corrected chi connectivity index (χ2v) is 4.36. The number of alkyl halides is 1. The molecule has 0 bridgehead atoms. The molecule has 0 saturated heterocycles. The molecule has 0 aliphatic carbocycles. The van der Waals surface area contributed by atoms with E-state index in [0.29, 0.717) is 0 Å². The molecule has 13 heavy (non-hydrogen) atoms. The number of halogens is 1. The number of hydrogen-bond donors (Lipinski definition) is 0. The molecule has 0 spiro atoms. The van der Waals surface area contributed by atoms with Gasteiger partial charge in [0.15, 0.2) is 0 Å². The van der Waals surface area contributed by atoms with E-state index in [9.17, 15) is 0 Å². The van der Waals surface area contributed by atoms with E-state index in [1.54, 1.807) is 0 Å². The van der Waals surface area contributed by atoms with Gasteiger partial charge in [-0.3, -0.25) is 4.90 Å². The van der Waals surface area contributed by atoms with Crippen molar-refractivity contribution >= 4 is 22.6 Å². The normalized spacial score (nSPS) is 17.4. The number of aromatic nitrogens is 3. The molecule has 0 radical (unpaired) electrons. The van der Waals surface area contributed by atoms with Crippen LogP contribution in [0.1, 0.15) is 11.6 Å². The molecule has 2 heterocycles. The first kappa shape index (κ1) is 9.39. The van der Waals surface area contributed by atoms with Gasteiger partial charge in [0.1, 0.15) is 11.6 Å². The van der Waals surface area contributed by atoms with Crippen molar-refractivity contribution in [2.24, 2.45) is 0 Å². The zero-order valence-corrected chi connectivity index (χ0v) is 9.86. The lowest BCUT2D eigenvalue weighted by Crippen LogP contribution is -2.35. The third-order valence-corrected chi connectivity index (χ3v) is 2.90. The van der Waals surface area contributed by atoms with Crippen LogP contribution in [0.3, 0.4) is 0 Å². The van der Waals surface area contributed by atoms with Crippen LogP contribution in [0.5, 0.6) is 0 Å². The van der Waals surface area contributed by atoms with E-state index in [4.69, 9.17) is 0 Å². The van der Waals surface area contributed by atoms with Gasteiger partial charge in [0.05, 0.1) is 6.54 Å². The molecule has 2 rings (SSSR count). The molecule has 0 amide bonds. The molecule has 0 saturated carbocycles. The Labute approximate surface area is 91.5 Å². The monoisotopic (exact) mass is 292 g/mol. The van der Waals surface area contributed by atoms with Gasteiger partial charge in [0, 0.05) is 24.1 Å². The molecule has 72 valence electrons. The summed E-state index contributed by atoms with van der Waals surface area (Å²) in [5.74, 6) is 2.16. The maximum Gasteiger partial charge on any atom is 0.147 e. The molecule has 1 aromatic heterocycles. The van der Waals surface area contributed by atoms with Crippen LogP contribution in [-0.2, 0) is 13.1 Å². The first-order valence-electron chi connectivity index (χ1n) is 4.48. The Kier molecular flexibility index (Phi) is 2.83. The Morgan fingerprint density at radius 1 is 1.38 bits per heavy atom. The van der Waals surface area contributed by atoms with Crippen LogP contribution in [0.25, 0.3) is 0 Å². The minimum absolute atomic E-state index is 0.962. The number of rotatable bonds is 2. The molecule has 1 aromatic rings. The summed E-state index contributed by atoms with van der Waals surface area (Å²) in [5, 5.41) is 8.23. The molecule has 0 N–H and O–H groups in total. The maximum atomic E-state index is 4.16. The van der Waals surface area contributed by atoms with Crippen molar-refractivity contribution in [1.29, 1.82) is 0 Å². The summed E-state index contributed by atoms with van der Waals surface area (Å²) in [6.07, 6.45) is 0. The van der Waals surface area contributed by atoms with Crippen LogP contribution in [0.4, 0.5) is 0 Å². The average Bonchev–Trinajstić information content (AvgIpc) is 2.48. The Morgan fingerprint density at radius 2 is 2.23 bits per heavy atom. The van der Waals surface area contributed by atoms with E-state index in [-0.39, 0.29) is 0 Å². The number of aryl methyl sites for hydroxylation is 1. The van der Waals surface area contributed by atoms with Gasteiger partial charge in [-0.2, -0.15) is 0 Å². The highest BCUT2D eigenvalue weighted by atomic mass is 127. The SMILES string of the molecule is Cc1nnc2n1CCN(CCI)C2. The van der Waals surface area contributed by atoms with E-state index in [0.717, 1.165) is 37.8 Å². The first-order chi connectivity index (χ1) is 6.31. The Bertz CT molecular complexity index is 296. The first-order valence-corrected chi connectivity index (χ1v) is 6.01. The fourth-order valence-electron chi connectivity index (χ4n) is 1.66. The van der Waals surface area contributed by atoms with Crippen LogP contribution in [0, 0.1) is 6.92 Å². The van der Waals surface area contributed by atoms with Crippen molar-refractivity contribution in [2.45, 2.75) is 20.0 Å². The van der Waals surface area contributed by atoms with Crippen LogP contribution in [0.15, 0.2) is 0 Å². The lowest BCUT2D eigenvalue weighted by atomic mass is 10.3. The predicted molar refractivity (Wildman–Crippen MR) is 58.9 cm³/mol. The highest BCUT2D eigenvalue weighted by Gasteiger charge is 2.18. The summed E-state index contributed by atoms with van der Waals surface area (Å²) in [7, 11) is 0. The minimum atomic E-state index is 0.962. The molecule has 1 aliphatic heterocycles. The molecule has 0 fully saturated rings. The smallest absolute Gasteiger partial charge is 0.147 e. The van der Waals surface area contributed by atoms with Crippen LogP contribution < -0.4 is 0 Å². The summed E-state index contributed by atoms with van der Waals surface area (Å²) in [4.78, 5) is 2.43. The van der Waals surface area contributed by atoms with Crippen molar-refractivity contribution in [3.63, 3.8) is 0 Å². The second kappa shape index (κ2) is 3.91. The summed E-state index contributed by atoms with van der Waals surface area (Å²) >= 11 is 2.41. The standard InChI is InChI=1S/C8H13IN4/c1-7-10-11-8-6-12(3-2-9)4-5-13(7)8/h2-6H2,1H3. The number of fused-ring (bicyclic) bond motifs is 1. The summed E-state index contributed by atoms with van der Waals surface area (Å²) < 4.78 is 3.40. The highest BCUT2D eigenvalue weighted by molar-refractivity contribution is 14.1. The summed E-state index contributed by atoms with van der Waals surface area (Å²) in [5.41, 5.74) is 0. The average molecular weight is 292 g/mol. The van der Waals surface area contributed by atoms with Crippen LogP contribution in [0.2, 0.25) is 0 Å². The molecule has 4 nitrogen and oxygen atoms in total.